The normalized spacial score (nSPS) is 13.2. The fourth-order valence-corrected chi connectivity index (χ4v) is 0.862. The third-order valence-electron chi connectivity index (χ3n) is 1.77. The van der Waals surface area contributed by atoms with Gasteiger partial charge in [-0.1, -0.05) is 17.7 Å². The van der Waals surface area contributed by atoms with Gasteiger partial charge in [-0.15, -0.1) is 0 Å². The molecule has 0 aliphatic carbocycles. The maximum Gasteiger partial charge on any atom is 0.330 e. The standard InChI is InChI=1S/C10H16O3/c1-8(6-7-11)4-3-5-9(2)10(12)13/h5-6,11H,3-4,7H2,1-2H3,(H,12,13)/b8-6-,9-5-. The molecule has 0 saturated carbocycles. The lowest BCUT2D eigenvalue weighted by Crippen LogP contribution is -1.95. The Morgan fingerprint density at radius 3 is 2.38 bits per heavy atom. The van der Waals surface area contributed by atoms with Gasteiger partial charge in [0.15, 0.2) is 0 Å². The molecular formula is C10H16O3. The fourth-order valence-electron chi connectivity index (χ4n) is 0.862. The van der Waals surface area contributed by atoms with Gasteiger partial charge in [0.1, 0.15) is 0 Å². The average molecular weight is 184 g/mol. The van der Waals surface area contributed by atoms with Gasteiger partial charge in [0.25, 0.3) is 0 Å². The molecule has 0 rings (SSSR count). The first-order valence-electron chi connectivity index (χ1n) is 4.24. The van der Waals surface area contributed by atoms with Crippen LogP contribution in [0.15, 0.2) is 23.3 Å². The second kappa shape index (κ2) is 6.43. The Balaban J connectivity index is 3.85. The largest absolute Gasteiger partial charge is 0.478 e. The Morgan fingerprint density at radius 2 is 1.92 bits per heavy atom. The van der Waals surface area contributed by atoms with Crippen molar-refractivity contribution < 1.29 is 15.0 Å². The lowest BCUT2D eigenvalue weighted by atomic mass is 10.1. The molecule has 0 aromatic rings. The lowest BCUT2D eigenvalue weighted by Gasteiger charge is -1.97. The Labute approximate surface area is 78.4 Å². The molecule has 3 nitrogen and oxygen atoms in total. The monoisotopic (exact) mass is 184 g/mol. The van der Waals surface area contributed by atoms with Gasteiger partial charge in [0.2, 0.25) is 0 Å². The fraction of sp³-hybridized carbons (Fsp3) is 0.500. The van der Waals surface area contributed by atoms with Crippen molar-refractivity contribution in [2.24, 2.45) is 0 Å². The third kappa shape index (κ3) is 6.11. The second-order valence-electron chi connectivity index (χ2n) is 2.96. The summed E-state index contributed by atoms with van der Waals surface area (Å²) in [5.41, 5.74) is 1.45. The van der Waals surface area contributed by atoms with Crippen molar-refractivity contribution in [3.05, 3.63) is 23.3 Å². The summed E-state index contributed by atoms with van der Waals surface area (Å²) < 4.78 is 0. The molecule has 0 fully saturated rings. The molecule has 3 heteroatoms. The maximum absolute atomic E-state index is 10.4. The first kappa shape index (κ1) is 11.9. The number of carboxylic acids is 1. The molecule has 0 amide bonds. The predicted octanol–water partition coefficient (Wildman–Crippen LogP) is 1.74. The number of carbonyl (C=O) groups is 1. The molecule has 0 radical (unpaired) electrons. The van der Waals surface area contributed by atoms with Gasteiger partial charge < -0.3 is 10.2 Å². The molecule has 0 atom stereocenters. The lowest BCUT2D eigenvalue weighted by molar-refractivity contribution is -0.132. The van der Waals surface area contributed by atoms with Crippen LogP contribution in [0.1, 0.15) is 26.7 Å². The van der Waals surface area contributed by atoms with Crippen LogP contribution in [0.25, 0.3) is 0 Å². The number of allylic oxidation sites excluding steroid dienone is 2. The van der Waals surface area contributed by atoms with Crippen LogP contribution < -0.4 is 0 Å². The number of carboxylic acid groups (broad SMARTS) is 1. The first-order valence-corrected chi connectivity index (χ1v) is 4.24. The summed E-state index contributed by atoms with van der Waals surface area (Å²) >= 11 is 0. The average Bonchev–Trinajstić information content (AvgIpc) is 2.04. The van der Waals surface area contributed by atoms with Gasteiger partial charge in [0, 0.05) is 5.57 Å². The SMILES string of the molecule is C/C(=C/CO)CC/C=C(/C)C(=O)O. The van der Waals surface area contributed by atoms with E-state index in [0.29, 0.717) is 12.0 Å². The summed E-state index contributed by atoms with van der Waals surface area (Å²) in [7, 11) is 0. The zero-order valence-electron chi connectivity index (χ0n) is 8.08. The number of hydrogen-bond acceptors (Lipinski definition) is 2. The van der Waals surface area contributed by atoms with Gasteiger partial charge in [-0.3, -0.25) is 0 Å². The quantitative estimate of drug-likeness (QED) is 0.505. The molecule has 74 valence electrons. The predicted molar refractivity (Wildman–Crippen MR) is 51.5 cm³/mol. The molecule has 0 bridgehead atoms. The highest BCUT2D eigenvalue weighted by Gasteiger charge is 1.97. The van der Waals surface area contributed by atoms with E-state index < -0.39 is 5.97 Å². The topological polar surface area (TPSA) is 57.5 Å². The number of aliphatic hydroxyl groups excluding tert-OH is 1. The number of aliphatic carboxylic acids is 1. The van der Waals surface area contributed by atoms with Crippen LogP contribution in [0.5, 0.6) is 0 Å². The van der Waals surface area contributed by atoms with E-state index in [1.807, 2.05) is 6.92 Å². The summed E-state index contributed by atoms with van der Waals surface area (Å²) in [6.07, 6.45) is 4.92. The molecule has 13 heavy (non-hydrogen) atoms. The summed E-state index contributed by atoms with van der Waals surface area (Å²) in [5, 5.41) is 17.1. The molecule has 0 aliphatic rings. The van der Waals surface area contributed by atoms with Crippen molar-refractivity contribution in [1.82, 2.24) is 0 Å². The van der Waals surface area contributed by atoms with Crippen molar-refractivity contribution in [3.63, 3.8) is 0 Å². The van der Waals surface area contributed by atoms with Crippen molar-refractivity contribution in [2.45, 2.75) is 26.7 Å². The zero-order chi connectivity index (χ0) is 10.3. The Kier molecular flexibility index (Phi) is 5.89. The van der Waals surface area contributed by atoms with Crippen molar-refractivity contribution in [2.75, 3.05) is 6.61 Å². The summed E-state index contributed by atoms with van der Waals surface area (Å²) in [6, 6.07) is 0. The van der Waals surface area contributed by atoms with Gasteiger partial charge in [-0.05, 0) is 26.7 Å². The van der Waals surface area contributed by atoms with E-state index in [0.717, 1.165) is 12.0 Å². The van der Waals surface area contributed by atoms with Gasteiger partial charge in [-0.25, -0.2) is 4.79 Å². The molecule has 0 unspecified atom stereocenters. The summed E-state index contributed by atoms with van der Waals surface area (Å²) in [4.78, 5) is 10.4. The van der Waals surface area contributed by atoms with Crippen LogP contribution in [0.4, 0.5) is 0 Å². The minimum Gasteiger partial charge on any atom is -0.478 e. The number of hydrogen-bond donors (Lipinski definition) is 2. The Morgan fingerprint density at radius 1 is 1.31 bits per heavy atom. The molecule has 0 saturated heterocycles. The van der Waals surface area contributed by atoms with Crippen LogP contribution in [-0.4, -0.2) is 22.8 Å². The number of rotatable bonds is 5. The molecule has 2 N–H and O–H groups in total. The maximum atomic E-state index is 10.4. The second-order valence-corrected chi connectivity index (χ2v) is 2.96. The van der Waals surface area contributed by atoms with Crippen molar-refractivity contribution >= 4 is 5.97 Å². The first-order chi connectivity index (χ1) is 6.07. The molecule has 0 heterocycles. The summed E-state index contributed by atoms with van der Waals surface area (Å²) in [6.45, 7) is 3.54. The Bertz CT molecular complexity index is 226. The van der Waals surface area contributed by atoms with Gasteiger partial charge in [-0.2, -0.15) is 0 Å². The van der Waals surface area contributed by atoms with Crippen molar-refractivity contribution in [3.8, 4) is 0 Å². The molecule has 0 spiro atoms. The molecule has 0 aromatic carbocycles. The number of aliphatic hydroxyl groups is 1. The van der Waals surface area contributed by atoms with Crippen LogP contribution in [0.3, 0.4) is 0 Å². The highest BCUT2D eigenvalue weighted by Crippen LogP contribution is 2.06. The zero-order valence-corrected chi connectivity index (χ0v) is 8.08. The molecule has 0 aromatic heterocycles. The van der Waals surface area contributed by atoms with E-state index in [1.165, 1.54) is 0 Å². The van der Waals surface area contributed by atoms with E-state index in [2.05, 4.69) is 0 Å². The van der Waals surface area contributed by atoms with Crippen LogP contribution >= 0.6 is 0 Å². The van der Waals surface area contributed by atoms with E-state index >= 15 is 0 Å². The van der Waals surface area contributed by atoms with Crippen LogP contribution in [-0.2, 0) is 4.79 Å². The van der Waals surface area contributed by atoms with Crippen molar-refractivity contribution in [1.29, 1.82) is 0 Å². The van der Waals surface area contributed by atoms with Crippen LogP contribution in [0.2, 0.25) is 0 Å². The minimum absolute atomic E-state index is 0.0491. The van der Waals surface area contributed by atoms with Crippen LogP contribution in [0, 0.1) is 0 Å². The smallest absolute Gasteiger partial charge is 0.330 e. The Hall–Kier alpha value is -1.09. The highest BCUT2D eigenvalue weighted by atomic mass is 16.4. The van der Waals surface area contributed by atoms with E-state index in [-0.39, 0.29) is 6.61 Å². The van der Waals surface area contributed by atoms with E-state index in [9.17, 15) is 4.79 Å². The summed E-state index contributed by atoms with van der Waals surface area (Å²) in [5.74, 6) is -0.871. The van der Waals surface area contributed by atoms with Gasteiger partial charge in [0.05, 0.1) is 6.61 Å². The third-order valence-corrected chi connectivity index (χ3v) is 1.77. The minimum atomic E-state index is -0.871. The molecular weight excluding hydrogens is 168 g/mol. The van der Waals surface area contributed by atoms with E-state index in [4.69, 9.17) is 10.2 Å². The van der Waals surface area contributed by atoms with Gasteiger partial charge >= 0.3 is 5.97 Å². The van der Waals surface area contributed by atoms with E-state index in [1.54, 1.807) is 19.1 Å². The highest BCUT2D eigenvalue weighted by molar-refractivity contribution is 5.85. The molecule has 0 aliphatic heterocycles.